The summed E-state index contributed by atoms with van der Waals surface area (Å²) < 4.78 is 0. The average molecular weight is 67.1 g/mol. The van der Waals surface area contributed by atoms with E-state index in [0.717, 1.165) is 0 Å². The van der Waals surface area contributed by atoms with Gasteiger partial charge in [-0.3, -0.25) is 0 Å². The minimum Gasteiger partial charge on any atom is -0.0686 e. The second kappa shape index (κ2) is 9.18. The molecule has 0 nitrogen and oxygen atoms in total. The zero-order valence-electron chi connectivity index (χ0n) is 3.71. The van der Waals surface area contributed by atoms with Crippen molar-refractivity contribution in [1.29, 1.82) is 0 Å². The molecule has 0 rings (SSSR count). The van der Waals surface area contributed by atoms with E-state index in [-0.39, 0.29) is 18.9 Å². The van der Waals surface area contributed by atoms with Crippen LogP contribution in [0.1, 0.15) is 6.92 Å². The van der Waals surface area contributed by atoms with Crippen LogP contribution in [0, 0.1) is 0 Å². The maximum absolute atomic E-state index is 2.19. The number of hydrogen-bond donors (Lipinski definition) is 0. The first kappa shape index (κ1) is 8.84. The molecule has 0 aromatic carbocycles. The molecule has 0 bridgehead atoms. The molecule has 0 heterocycles. The molecule has 0 aromatic heterocycles. The van der Waals surface area contributed by atoms with Crippen molar-refractivity contribution < 1.29 is 0 Å². The second-order valence-electron chi connectivity index (χ2n) is 0.707. The van der Waals surface area contributed by atoms with Gasteiger partial charge in [0, 0.05) is 29.1 Å². The molecule has 0 fully saturated rings. The number of hydrogen-bond acceptors (Lipinski definition) is 0. The zero-order valence-corrected chi connectivity index (χ0v) is 5.71. The van der Waals surface area contributed by atoms with Crippen molar-refractivity contribution in [2.24, 2.45) is 0 Å². The fourth-order valence-corrected chi connectivity index (χ4v) is 0. The normalized spacial score (nSPS) is 5.25. The Morgan fingerprint density at radius 2 is 1.75 bits per heavy atom. The minimum absolute atomic E-state index is 0. The molecule has 0 unspecified atom stereocenters. The van der Waals surface area contributed by atoms with Crippen molar-refractivity contribution in [3.8, 4) is 0 Å². The summed E-state index contributed by atoms with van der Waals surface area (Å²) in [5, 5.41) is 0. The van der Waals surface area contributed by atoms with Crippen molar-refractivity contribution in [3.05, 3.63) is 0 Å². The van der Waals surface area contributed by atoms with E-state index >= 15 is 0 Å². The Morgan fingerprint density at radius 1 is 1.75 bits per heavy atom. The van der Waals surface area contributed by atoms with Gasteiger partial charge in [0.15, 0.2) is 0 Å². The second-order valence-corrected chi connectivity index (χ2v) is 2.12. The van der Waals surface area contributed by atoms with Gasteiger partial charge in [0.1, 0.15) is 0 Å². The molecule has 0 aromatic rings. The van der Waals surface area contributed by atoms with E-state index in [9.17, 15) is 0 Å². The van der Waals surface area contributed by atoms with Crippen LogP contribution in [0.5, 0.6) is 0 Å². The molecule has 1 radical (unpaired) electrons. The topological polar surface area (TPSA) is 0 Å². The molecule has 0 amide bonds. The molecule has 0 N–H and O–H groups in total. The van der Waals surface area contributed by atoms with Crippen LogP contribution in [0.2, 0.25) is 6.04 Å². The fraction of sp³-hybridized carbons (Fsp3) is 1.00. The van der Waals surface area contributed by atoms with E-state index in [1.54, 1.807) is 0 Å². The van der Waals surface area contributed by atoms with Crippen LogP contribution in [-0.4, -0.2) is 29.1 Å². The third-order valence-corrected chi connectivity index (χ3v) is 0. The van der Waals surface area contributed by atoms with Crippen LogP contribution in [0.3, 0.4) is 0 Å². The predicted molar refractivity (Wildman–Crippen MR) is 26.2 cm³/mol. The van der Waals surface area contributed by atoms with Crippen molar-refractivity contribution in [1.82, 2.24) is 0 Å². The Bertz CT molecular complexity index is 6.00. The van der Waals surface area contributed by atoms with Crippen molar-refractivity contribution in [3.63, 3.8) is 0 Å². The summed E-state index contributed by atoms with van der Waals surface area (Å²) in [6.07, 6.45) is 0. The largest absolute Gasteiger partial charge is 0.0686 e. The van der Waals surface area contributed by atoms with Crippen molar-refractivity contribution >= 4 is 29.1 Å². The monoisotopic (exact) mass is 67.1 g/mol. The summed E-state index contributed by atoms with van der Waals surface area (Å²) in [4.78, 5) is 0. The molecular weight excluding hydrogens is 59.0 g/mol. The quantitative estimate of drug-likeness (QED) is 0.332. The van der Waals surface area contributed by atoms with Gasteiger partial charge in [-0.1, -0.05) is 13.0 Å². The van der Waals surface area contributed by atoms with E-state index in [4.69, 9.17) is 0 Å². The number of rotatable bonds is 0. The first-order valence-electron chi connectivity index (χ1n) is 1.41. The molecule has 0 saturated heterocycles. The minimum atomic E-state index is 0. The van der Waals surface area contributed by atoms with E-state index in [1.165, 1.54) is 16.3 Å². The third kappa shape index (κ3) is 14.0. The molecule has 21 valence electrons. The van der Waals surface area contributed by atoms with E-state index < -0.39 is 0 Å². The first-order chi connectivity index (χ1) is 1.41. The van der Waals surface area contributed by atoms with Crippen LogP contribution >= 0.6 is 0 Å². The van der Waals surface area contributed by atoms with Crippen LogP contribution in [0.4, 0.5) is 0 Å². The first-order valence-corrected chi connectivity index (χ1v) is 2.83. The van der Waals surface area contributed by atoms with E-state index in [0.29, 0.717) is 0 Å². The van der Waals surface area contributed by atoms with Crippen molar-refractivity contribution in [2.45, 2.75) is 13.0 Å². The zero-order chi connectivity index (χ0) is 2.71. The van der Waals surface area contributed by atoms with Crippen LogP contribution < -0.4 is 0 Å². The van der Waals surface area contributed by atoms with Crippen LogP contribution in [0.25, 0.3) is 0 Å². The Kier molecular flexibility index (Phi) is 20.3. The Morgan fingerprint density at radius 3 is 1.75 bits per heavy atom. The summed E-state index contributed by atoms with van der Waals surface area (Å²) >= 11 is 0. The van der Waals surface area contributed by atoms with Gasteiger partial charge in [0.2, 0.25) is 0 Å². The van der Waals surface area contributed by atoms with Gasteiger partial charge < -0.3 is 0 Å². The SMILES string of the molecule is CC[SiH3].[Li]. The molecule has 0 spiro atoms. The van der Waals surface area contributed by atoms with E-state index in [2.05, 4.69) is 6.92 Å². The molecule has 2 heteroatoms. The molecule has 4 heavy (non-hydrogen) atoms. The third-order valence-electron chi connectivity index (χ3n) is 0. The van der Waals surface area contributed by atoms with Gasteiger partial charge in [-0.2, -0.15) is 0 Å². The summed E-state index contributed by atoms with van der Waals surface area (Å²) in [5.74, 6) is 0. The standard InChI is InChI=1S/C2H8Si.Li/c1-2-3;/h2H2,1,3H3;. The maximum Gasteiger partial charge on any atom is 0.00244 e. The smallest absolute Gasteiger partial charge is 0.00244 e. The van der Waals surface area contributed by atoms with Gasteiger partial charge in [-0.15, -0.1) is 0 Å². The Labute approximate surface area is 42.6 Å². The molecule has 0 saturated carbocycles. The van der Waals surface area contributed by atoms with Gasteiger partial charge in [-0.05, 0) is 0 Å². The van der Waals surface area contributed by atoms with Gasteiger partial charge in [-0.25, -0.2) is 0 Å². The average Bonchev–Trinajstić information content (AvgIpc) is 0.918. The summed E-state index contributed by atoms with van der Waals surface area (Å²) in [7, 11) is 1.37. The molecule has 0 aliphatic rings. The van der Waals surface area contributed by atoms with Crippen molar-refractivity contribution in [2.75, 3.05) is 0 Å². The maximum atomic E-state index is 2.19. The van der Waals surface area contributed by atoms with Gasteiger partial charge in [0.25, 0.3) is 0 Å². The Balaban J connectivity index is 0. The van der Waals surface area contributed by atoms with E-state index in [1.807, 2.05) is 0 Å². The summed E-state index contributed by atoms with van der Waals surface area (Å²) in [6, 6.07) is 1.39. The predicted octanol–water partition coefficient (Wildman–Crippen LogP) is -0.591. The van der Waals surface area contributed by atoms with Gasteiger partial charge in [0.05, 0.1) is 0 Å². The molecule has 0 aliphatic carbocycles. The van der Waals surface area contributed by atoms with Crippen LogP contribution in [0.15, 0.2) is 0 Å². The van der Waals surface area contributed by atoms with Crippen LogP contribution in [-0.2, 0) is 0 Å². The molecule has 0 aliphatic heterocycles. The fourth-order valence-electron chi connectivity index (χ4n) is 0. The molecular formula is C2H8LiSi. The summed E-state index contributed by atoms with van der Waals surface area (Å²) in [5.41, 5.74) is 0. The van der Waals surface area contributed by atoms with Gasteiger partial charge >= 0.3 is 0 Å². The summed E-state index contributed by atoms with van der Waals surface area (Å²) in [6.45, 7) is 2.19. The Hall–Kier alpha value is 0.814. The molecule has 0 atom stereocenters.